The number of nitrogens with two attached hydrogens (primary N) is 1. The molecular weight excluding hydrogens is 174 g/mol. The molecule has 0 bridgehead atoms. The molecule has 1 aliphatic heterocycles. The molecule has 0 radical (unpaired) electrons. The Labute approximate surface area is 87.2 Å². The molecule has 2 N–H and O–H groups in total. The lowest BCUT2D eigenvalue weighted by Crippen LogP contribution is -2.36. The molecule has 2 aliphatic rings. The van der Waals surface area contributed by atoms with Gasteiger partial charge >= 0.3 is 0 Å². The van der Waals surface area contributed by atoms with Gasteiger partial charge in [0.2, 0.25) is 0 Å². The molecule has 3 atom stereocenters. The van der Waals surface area contributed by atoms with Crippen LogP contribution in [0, 0.1) is 5.92 Å². The van der Waals surface area contributed by atoms with Gasteiger partial charge in [-0.3, -0.25) is 0 Å². The van der Waals surface area contributed by atoms with Crippen molar-refractivity contribution in [2.75, 3.05) is 6.54 Å². The van der Waals surface area contributed by atoms with Crippen molar-refractivity contribution in [3.05, 3.63) is 0 Å². The smallest absolute Gasteiger partial charge is 0.0705 e. The zero-order valence-electron chi connectivity index (χ0n) is 9.30. The Morgan fingerprint density at radius 1 is 1.36 bits per heavy atom. The van der Waals surface area contributed by atoms with Crippen molar-refractivity contribution in [3.63, 3.8) is 0 Å². The van der Waals surface area contributed by atoms with Gasteiger partial charge < -0.3 is 10.5 Å². The lowest BCUT2D eigenvalue weighted by atomic mass is 9.76. The molecule has 0 aromatic heterocycles. The van der Waals surface area contributed by atoms with Crippen LogP contribution in [0.15, 0.2) is 0 Å². The van der Waals surface area contributed by atoms with E-state index in [0.717, 1.165) is 5.92 Å². The zero-order chi connectivity index (χ0) is 10.0. The highest BCUT2D eigenvalue weighted by Crippen LogP contribution is 2.44. The Morgan fingerprint density at radius 3 is 2.86 bits per heavy atom. The molecule has 1 heterocycles. The Morgan fingerprint density at radius 2 is 2.21 bits per heavy atom. The van der Waals surface area contributed by atoms with Gasteiger partial charge in [-0.1, -0.05) is 26.2 Å². The molecule has 1 saturated heterocycles. The maximum atomic E-state index is 6.15. The predicted octanol–water partition coefficient (Wildman–Crippen LogP) is 2.46. The van der Waals surface area contributed by atoms with Crippen LogP contribution in [0.4, 0.5) is 0 Å². The molecule has 2 nitrogen and oxygen atoms in total. The summed E-state index contributed by atoms with van der Waals surface area (Å²) in [6.07, 6.45) is 9.45. The second-order valence-electron chi connectivity index (χ2n) is 5.07. The van der Waals surface area contributed by atoms with E-state index in [0.29, 0.717) is 12.6 Å². The summed E-state index contributed by atoms with van der Waals surface area (Å²) < 4.78 is 6.15. The fraction of sp³-hybridized carbons (Fsp3) is 1.00. The summed E-state index contributed by atoms with van der Waals surface area (Å²) in [6, 6.07) is 0. The fourth-order valence-corrected chi connectivity index (χ4v) is 3.19. The van der Waals surface area contributed by atoms with E-state index >= 15 is 0 Å². The van der Waals surface area contributed by atoms with E-state index in [1.165, 1.54) is 44.9 Å². The lowest BCUT2D eigenvalue weighted by Gasteiger charge is -2.37. The van der Waals surface area contributed by atoms with Gasteiger partial charge in [0, 0.05) is 6.54 Å². The Hall–Kier alpha value is -0.0800. The first-order chi connectivity index (χ1) is 6.78. The molecule has 0 unspecified atom stereocenters. The Bertz CT molecular complexity index is 195. The van der Waals surface area contributed by atoms with Crippen LogP contribution in [-0.2, 0) is 4.74 Å². The third-order valence-electron chi connectivity index (χ3n) is 4.08. The molecule has 2 fully saturated rings. The van der Waals surface area contributed by atoms with Crippen molar-refractivity contribution in [2.24, 2.45) is 11.7 Å². The molecule has 0 aromatic rings. The van der Waals surface area contributed by atoms with E-state index in [2.05, 4.69) is 6.92 Å². The van der Waals surface area contributed by atoms with Crippen molar-refractivity contribution in [1.82, 2.24) is 0 Å². The summed E-state index contributed by atoms with van der Waals surface area (Å²) in [4.78, 5) is 0. The van der Waals surface area contributed by atoms with Gasteiger partial charge in [-0.15, -0.1) is 0 Å². The van der Waals surface area contributed by atoms with Crippen molar-refractivity contribution < 1.29 is 4.74 Å². The predicted molar refractivity (Wildman–Crippen MR) is 58.1 cm³/mol. The normalized spacial score (nSPS) is 43.3. The van der Waals surface area contributed by atoms with Gasteiger partial charge in [0.1, 0.15) is 0 Å². The number of hydrogen-bond donors (Lipinski definition) is 1. The second kappa shape index (κ2) is 4.19. The first-order valence-electron chi connectivity index (χ1n) is 6.16. The maximum absolute atomic E-state index is 6.15. The summed E-state index contributed by atoms with van der Waals surface area (Å²) in [5.41, 5.74) is 5.90. The molecule has 82 valence electrons. The number of rotatable bonds is 2. The number of ether oxygens (including phenoxy) is 1. The molecular formula is C12H23NO. The van der Waals surface area contributed by atoms with Gasteiger partial charge in [-0.2, -0.15) is 0 Å². The molecule has 1 spiro atoms. The minimum Gasteiger partial charge on any atom is -0.370 e. The third-order valence-corrected chi connectivity index (χ3v) is 4.08. The van der Waals surface area contributed by atoms with E-state index in [9.17, 15) is 0 Å². The quantitative estimate of drug-likeness (QED) is 0.738. The topological polar surface area (TPSA) is 35.2 Å². The minimum atomic E-state index is 0.239. The van der Waals surface area contributed by atoms with Crippen molar-refractivity contribution in [1.29, 1.82) is 0 Å². The summed E-state index contributed by atoms with van der Waals surface area (Å²) in [7, 11) is 0. The highest BCUT2D eigenvalue weighted by atomic mass is 16.5. The molecule has 2 rings (SSSR count). The maximum Gasteiger partial charge on any atom is 0.0705 e. The van der Waals surface area contributed by atoms with E-state index in [1.54, 1.807) is 0 Å². The van der Waals surface area contributed by atoms with Crippen LogP contribution < -0.4 is 5.73 Å². The number of hydrogen-bond acceptors (Lipinski definition) is 2. The second-order valence-corrected chi connectivity index (χ2v) is 5.07. The van der Waals surface area contributed by atoms with Crippen LogP contribution in [0.25, 0.3) is 0 Å². The van der Waals surface area contributed by atoms with Gasteiger partial charge in [-0.05, 0) is 31.6 Å². The van der Waals surface area contributed by atoms with Crippen LogP contribution in [-0.4, -0.2) is 18.2 Å². The lowest BCUT2D eigenvalue weighted by molar-refractivity contribution is -0.0729. The van der Waals surface area contributed by atoms with E-state index in [-0.39, 0.29) is 5.60 Å². The van der Waals surface area contributed by atoms with Crippen molar-refractivity contribution >= 4 is 0 Å². The van der Waals surface area contributed by atoms with E-state index in [4.69, 9.17) is 10.5 Å². The Kier molecular flexibility index (Phi) is 3.13. The standard InChI is InChI=1S/C12H23NO/c1-2-10-4-3-6-12(8-10)7-5-11(9-13)14-12/h10-11H,2-9,13H2,1H3/t10-,11-,12+/m1/s1. The minimum absolute atomic E-state index is 0.239. The molecule has 1 aliphatic carbocycles. The Balaban J connectivity index is 1.95. The van der Waals surface area contributed by atoms with Crippen molar-refractivity contribution in [2.45, 2.75) is 63.6 Å². The third kappa shape index (κ3) is 1.96. The van der Waals surface area contributed by atoms with Crippen molar-refractivity contribution in [3.8, 4) is 0 Å². The van der Waals surface area contributed by atoms with Crippen LogP contribution in [0.1, 0.15) is 51.9 Å². The van der Waals surface area contributed by atoms with Crippen LogP contribution in [0.3, 0.4) is 0 Å². The molecule has 2 heteroatoms. The molecule has 0 aromatic carbocycles. The summed E-state index contributed by atoms with van der Waals surface area (Å²) in [5, 5.41) is 0. The first-order valence-corrected chi connectivity index (χ1v) is 6.16. The van der Waals surface area contributed by atoms with E-state index in [1.807, 2.05) is 0 Å². The SMILES string of the molecule is CC[C@@H]1CCC[C@]2(CC[C@H](CN)O2)C1. The highest BCUT2D eigenvalue weighted by molar-refractivity contribution is 4.93. The summed E-state index contributed by atoms with van der Waals surface area (Å²) >= 11 is 0. The van der Waals surface area contributed by atoms with E-state index < -0.39 is 0 Å². The molecule has 1 saturated carbocycles. The summed E-state index contributed by atoms with van der Waals surface area (Å²) in [6.45, 7) is 3.01. The summed E-state index contributed by atoms with van der Waals surface area (Å²) in [5.74, 6) is 0.903. The molecule has 14 heavy (non-hydrogen) atoms. The average molecular weight is 197 g/mol. The van der Waals surface area contributed by atoms with Gasteiger partial charge in [0.15, 0.2) is 0 Å². The molecule has 0 amide bonds. The van der Waals surface area contributed by atoms with Crippen LogP contribution in [0.2, 0.25) is 0 Å². The van der Waals surface area contributed by atoms with Gasteiger partial charge in [0.05, 0.1) is 11.7 Å². The zero-order valence-corrected chi connectivity index (χ0v) is 9.30. The fourth-order valence-electron chi connectivity index (χ4n) is 3.19. The largest absolute Gasteiger partial charge is 0.370 e. The van der Waals surface area contributed by atoms with Gasteiger partial charge in [0.25, 0.3) is 0 Å². The van der Waals surface area contributed by atoms with Crippen LogP contribution in [0.5, 0.6) is 0 Å². The highest BCUT2D eigenvalue weighted by Gasteiger charge is 2.42. The average Bonchev–Trinajstić information content (AvgIpc) is 2.61. The van der Waals surface area contributed by atoms with Gasteiger partial charge in [-0.25, -0.2) is 0 Å². The first kappa shape index (κ1) is 10.4. The monoisotopic (exact) mass is 197 g/mol. The van der Waals surface area contributed by atoms with Crippen LogP contribution >= 0.6 is 0 Å².